The van der Waals surface area contributed by atoms with E-state index in [0.29, 0.717) is 11.4 Å². The van der Waals surface area contributed by atoms with Crippen LogP contribution in [0.1, 0.15) is 10.4 Å². The third kappa shape index (κ3) is 1.70. The van der Waals surface area contributed by atoms with Crippen LogP contribution in [0.15, 0.2) is 24.5 Å². The van der Waals surface area contributed by atoms with Crippen LogP contribution in [0.2, 0.25) is 0 Å². The number of aromatic nitrogens is 4. The maximum Gasteiger partial charge on any atom is 0.337 e. The molecule has 82 valence electrons. The Hall–Kier alpha value is -2.44. The second-order valence-corrected chi connectivity index (χ2v) is 2.94. The zero-order valence-electron chi connectivity index (χ0n) is 8.36. The Morgan fingerprint density at radius 3 is 2.88 bits per heavy atom. The van der Waals surface area contributed by atoms with E-state index >= 15 is 0 Å². The van der Waals surface area contributed by atoms with E-state index < -0.39 is 5.97 Å². The second kappa shape index (κ2) is 3.97. The van der Waals surface area contributed by atoms with Crippen molar-refractivity contribution in [3.63, 3.8) is 0 Å². The lowest BCUT2D eigenvalue weighted by atomic mass is 10.1. The molecule has 2 aromatic rings. The van der Waals surface area contributed by atoms with Crippen LogP contribution in [0.4, 0.5) is 0 Å². The number of carboxylic acids is 1. The van der Waals surface area contributed by atoms with Gasteiger partial charge >= 0.3 is 5.97 Å². The van der Waals surface area contributed by atoms with Gasteiger partial charge in [0.25, 0.3) is 0 Å². The molecule has 7 heteroatoms. The largest absolute Gasteiger partial charge is 0.497 e. The molecule has 0 unspecified atom stereocenters. The van der Waals surface area contributed by atoms with Crippen molar-refractivity contribution < 1.29 is 14.6 Å². The molecule has 0 aliphatic rings. The Labute approximate surface area is 90.3 Å². The highest BCUT2D eigenvalue weighted by Crippen LogP contribution is 2.20. The van der Waals surface area contributed by atoms with E-state index in [4.69, 9.17) is 9.84 Å². The Morgan fingerprint density at radius 1 is 1.50 bits per heavy atom. The molecule has 0 aliphatic heterocycles. The van der Waals surface area contributed by atoms with Crippen molar-refractivity contribution in [1.29, 1.82) is 0 Å². The summed E-state index contributed by atoms with van der Waals surface area (Å²) in [5, 5.41) is 19.6. The normalized spacial score (nSPS) is 10.1. The smallest absolute Gasteiger partial charge is 0.337 e. The van der Waals surface area contributed by atoms with Crippen LogP contribution in [0.25, 0.3) is 5.69 Å². The lowest BCUT2D eigenvalue weighted by Gasteiger charge is -2.06. The number of hydrogen-bond acceptors (Lipinski definition) is 5. The zero-order valence-corrected chi connectivity index (χ0v) is 8.36. The minimum absolute atomic E-state index is 0.105. The van der Waals surface area contributed by atoms with Gasteiger partial charge in [-0.2, -0.15) is 4.68 Å². The number of nitrogens with zero attached hydrogens (tertiary/aromatic N) is 4. The number of rotatable bonds is 3. The van der Waals surface area contributed by atoms with Crippen LogP contribution in [0, 0.1) is 0 Å². The Balaban J connectivity index is 2.59. The number of carbonyl (C=O) groups is 1. The number of methoxy groups -OCH3 is 1. The molecule has 0 aliphatic carbocycles. The fourth-order valence-electron chi connectivity index (χ4n) is 1.28. The molecular formula is C9H8N4O3. The SMILES string of the molecule is COc1ccc(C(=O)O)c(-n2cnnn2)c1. The molecule has 0 saturated heterocycles. The fourth-order valence-corrected chi connectivity index (χ4v) is 1.28. The van der Waals surface area contributed by atoms with Crippen LogP contribution in [-0.2, 0) is 0 Å². The summed E-state index contributed by atoms with van der Waals surface area (Å²) in [7, 11) is 1.50. The molecule has 0 radical (unpaired) electrons. The van der Waals surface area contributed by atoms with E-state index in [1.807, 2.05) is 0 Å². The molecule has 16 heavy (non-hydrogen) atoms. The molecule has 0 fully saturated rings. The van der Waals surface area contributed by atoms with Gasteiger partial charge in [-0.05, 0) is 22.6 Å². The minimum atomic E-state index is -1.05. The minimum Gasteiger partial charge on any atom is -0.497 e. The number of carboxylic acid groups (broad SMARTS) is 1. The number of tetrazole rings is 1. The number of ether oxygens (including phenoxy) is 1. The van der Waals surface area contributed by atoms with Crippen LogP contribution < -0.4 is 4.74 Å². The molecule has 2 rings (SSSR count). The molecule has 7 nitrogen and oxygen atoms in total. The Kier molecular flexibility index (Phi) is 2.50. The van der Waals surface area contributed by atoms with Crippen LogP contribution in [0.3, 0.4) is 0 Å². The molecule has 0 spiro atoms. The second-order valence-electron chi connectivity index (χ2n) is 2.94. The van der Waals surface area contributed by atoms with Crippen LogP contribution >= 0.6 is 0 Å². The van der Waals surface area contributed by atoms with Gasteiger partial charge in [0.1, 0.15) is 12.1 Å². The maximum atomic E-state index is 11.0. The predicted octanol–water partition coefficient (Wildman–Crippen LogP) is 0.369. The van der Waals surface area contributed by atoms with Gasteiger partial charge in [-0.25, -0.2) is 4.79 Å². The zero-order chi connectivity index (χ0) is 11.5. The van der Waals surface area contributed by atoms with Gasteiger partial charge in [-0.3, -0.25) is 0 Å². The first-order chi connectivity index (χ1) is 7.72. The summed E-state index contributed by atoms with van der Waals surface area (Å²) in [6, 6.07) is 4.56. The summed E-state index contributed by atoms with van der Waals surface area (Å²) >= 11 is 0. The Bertz CT molecular complexity index is 509. The van der Waals surface area contributed by atoms with E-state index in [-0.39, 0.29) is 5.56 Å². The lowest BCUT2D eigenvalue weighted by Crippen LogP contribution is -2.06. The summed E-state index contributed by atoms with van der Waals surface area (Å²) in [6.45, 7) is 0. The van der Waals surface area contributed by atoms with E-state index in [2.05, 4.69) is 15.5 Å². The summed E-state index contributed by atoms with van der Waals surface area (Å²) in [4.78, 5) is 11.0. The molecule has 1 aromatic heterocycles. The quantitative estimate of drug-likeness (QED) is 0.803. The van der Waals surface area contributed by atoms with Gasteiger partial charge in [0.05, 0.1) is 18.4 Å². The van der Waals surface area contributed by atoms with E-state index in [1.165, 1.54) is 24.2 Å². The van der Waals surface area contributed by atoms with Crippen LogP contribution in [-0.4, -0.2) is 38.4 Å². The summed E-state index contributed by atoms with van der Waals surface area (Å²) in [6.07, 6.45) is 1.32. The molecule has 1 heterocycles. The van der Waals surface area contributed by atoms with Gasteiger partial charge in [0, 0.05) is 6.07 Å². The van der Waals surface area contributed by atoms with Crippen molar-refractivity contribution in [2.45, 2.75) is 0 Å². The number of benzene rings is 1. The van der Waals surface area contributed by atoms with Gasteiger partial charge in [0.2, 0.25) is 0 Å². The molecule has 0 bridgehead atoms. The summed E-state index contributed by atoms with van der Waals surface area (Å²) in [5.74, 6) is -0.511. The fraction of sp³-hybridized carbons (Fsp3) is 0.111. The third-order valence-electron chi connectivity index (χ3n) is 2.03. The lowest BCUT2D eigenvalue weighted by molar-refractivity contribution is 0.0696. The average molecular weight is 220 g/mol. The summed E-state index contributed by atoms with van der Waals surface area (Å²) < 4.78 is 6.28. The highest BCUT2D eigenvalue weighted by molar-refractivity contribution is 5.92. The molecule has 0 saturated carbocycles. The first-order valence-electron chi connectivity index (χ1n) is 4.37. The Morgan fingerprint density at radius 2 is 2.31 bits per heavy atom. The van der Waals surface area contributed by atoms with E-state index in [9.17, 15) is 4.79 Å². The molecule has 0 amide bonds. The van der Waals surface area contributed by atoms with Crippen molar-refractivity contribution in [2.75, 3.05) is 7.11 Å². The maximum absolute atomic E-state index is 11.0. The standard InChI is InChI=1S/C9H8N4O3/c1-16-6-2-3-7(9(14)15)8(4-6)13-5-10-11-12-13/h2-5H,1H3,(H,14,15). The molecule has 0 atom stereocenters. The first kappa shape index (κ1) is 10.1. The molecular weight excluding hydrogens is 212 g/mol. The van der Waals surface area contributed by atoms with Gasteiger partial charge in [-0.15, -0.1) is 5.10 Å². The van der Waals surface area contributed by atoms with Crippen molar-refractivity contribution in [2.24, 2.45) is 0 Å². The van der Waals surface area contributed by atoms with Gasteiger partial charge < -0.3 is 9.84 Å². The van der Waals surface area contributed by atoms with Crippen molar-refractivity contribution >= 4 is 5.97 Å². The monoisotopic (exact) mass is 220 g/mol. The molecule has 1 aromatic carbocycles. The van der Waals surface area contributed by atoms with Crippen LogP contribution in [0.5, 0.6) is 5.75 Å². The highest BCUT2D eigenvalue weighted by atomic mass is 16.5. The highest BCUT2D eigenvalue weighted by Gasteiger charge is 2.13. The van der Waals surface area contributed by atoms with Crippen molar-refractivity contribution in [3.8, 4) is 11.4 Å². The predicted molar refractivity (Wildman–Crippen MR) is 52.7 cm³/mol. The van der Waals surface area contributed by atoms with E-state index in [1.54, 1.807) is 12.1 Å². The number of hydrogen-bond donors (Lipinski definition) is 1. The van der Waals surface area contributed by atoms with Gasteiger partial charge in [0.15, 0.2) is 0 Å². The average Bonchev–Trinajstić information content (AvgIpc) is 2.81. The van der Waals surface area contributed by atoms with Crippen molar-refractivity contribution in [1.82, 2.24) is 20.2 Å². The molecule has 1 N–H and O–H groups in total. The van der Waals surface area contributed by atoms with E-state index in [0.717, 1.165) is 0 Å². The summed E-state index contributed by atoms with van der Waals surface area (Å²) in [5.41, 5.74) is 0.463. The first-order valence-corrected chi connectivity index (χ1v) is 4.37. The third-order valence-corrected chi connectivity index (χ3v) is 2.03. The van der Waals surface area contributed by atoms with Gasteiger partial charge in [-0.1, -0.05) is 0 Å². The number of aromatic carboxylic acids is 1. The topological polar surface area (TPSA) is 90.1 Å². The van der Waals surface area contributed by atoms with Crippen molar-refractivity contribution in [3.05, 3.63) is 30.1 Å².